The summed E-state index contributed by atoms with van der Waals surface area (Å²) in [5.74, 6) is 0. The zero-order valence-electron chi connectivity index (χ0n) is 6.24. The second kappa shape index (κ2) is 5.18. The lowest BCUT2D eigenvalue weighted by molar-refractivity contribution is 0.102. The van der Waals surface area contributed by atoms with E-state index in [4.69, 9.17) is 0 Å². The van der Waals surface area contributed by atoms with E-state index in [-0.39, 0.29) is 13.2 Å². The summed E-state index contributed by atoms with van der Waals surface area (Å²) in [4.78, 5) is 10.5. The van der Waals surface area contributed by atoms with Crippen LogP contribution in [0.4, 0.5) is 4.79 Å². The normalized spacial score (nSPS) is 10.8. The molecule has 0 aromatic carbocycles. The Kier molecular flexibility index (Phi) is 4.95. The van der Waals surface area contributed by atoms with Crippen LogP contribution in [0.15, 0.2) is 0 Å². The fraction of sp³-hybridized carbons (Fsp3) is 0.750. The van der Waals surface area contributed by atoms with Gasteiger partial charge in [-0.1, -0.05) is 0 Å². The highest BCUT2D eigenvalue weighted by Gasteiger charge is 2.10. The molecule has 0 spiro atoms. The number of carbonyl (C=O) groups is 1. The van der Waals surface area contributed by atoms with Crippen LogP contribution in [0.3, 0.4) is 0 Å². The number of hydrogen-bond donors (Lipinski definition) is 1. The van der Waals surface area contributed by atoms with E-state index < -0.39 is 15.3 Å². The maximum atomic E-state index is 10.5. The maximum Gasteiger partial charge on any atom is 0.421 e. The van der Waals surface area contributed by atoms with Gasteiger partial charge in [0.1, 0.15) is 6.61 Å². The minimum atomic E-state index is -4.05. The molecule has 6 nitrogen and oxygen atoms in total. The fourth-order valence-electron chi connectivity index (χ4n) is 0.347. The summed E-state index contributed by atoms with van der Waals surface area (Å²) in [6, 6.07) is 0. The Morgan fingerprint density at radius 1 is 1.50 bits per heavy atom. The molecular weight excluding hydrogens is 210 g/mol. The molecule has 0 aliphatic rings. The minimum absolute atomic E-state index is 0.0330. The van der Waals surface area contributed by atoms with Crippen LogP contribution in [0.25, 0.3) is 0 Å². The molecule has 1 amide bonds. The van der Waals surface area contributed by atoms with Crippen LogP contribution in [-0.2, 0) is 18.7 Å². The number of halogens is 1. The molecule has 0 fully saturated rings. The highest BCUT2D eigenvalue weighted by molar-refractivity contribution is 8.12. The van der Waals surface area contributed by atoms with Gasteiger partial charge in [-0.2, -0.15) is 8.42 Å². The van der Waals surface area contributed by atoms with Gasteiger partial charge in [-0.15, -0.1) is 0 Å². The Hall–Kier alpha value is -0.530. The van der Waals surface area contributed by atoms with Gasteiger partial charge in [0.15, 0.2) is 0 Å². The number of nitrogens with one attached hydrogen (secondary N) is 1. The lowest BCUT2D eigenvalue weighted by Gasteiger charge is -2.02. The number of methoxy groups -OCH3 is 1. The van der Waals surface area contributed by atoms with E-state index in [1.165, 1.54) is 11.8 Å². The molecule has 0 aliphatic heterocycles. The van der Waals surface area contributed by atoms with Gasteiger partial charge in [-0.05, 0) is 0 Å². The molecule has 12 heavy (non-hydrogen) atoms. The molecule has 0 saturated heterocycles. The monoisotopic (exact) mass is 217 g/mol. The van der Waals surface area contributed by atoms with E-state index in [2.05, 4.69) is 20.2 Å². The van der Waals surface area contributed by atoms with Crippen molar-refractivity contribution in [2.24, 2.45) is 0 Å². The molecule has 8 heteroatoms. The van der Waals surface area contributed by atoms with E-state index >= 15 is 0 Å². The quantitative estimate of drug-likeness (QED) is 0.523. The van der Waals surface area contributed by atoms with E-state index in [1.807, 2.05) is 0 Å². The van der Waals surface area contributed by atoms with Gasteiger partial charge in [0.05, 0.1) is 6.61 Å². The van der Waals surface area contributed by atoms with Crippen molar-refractivity contribution in [2.75, 3.05) is 20.3 Å². The average molecular weight is 218 g/mol. The van der Waals surface area contributed by atoms with Crippen molar-refractivity contribution in [3.8, 4) is 0 Å². The summed E-state index contributed by atoms with van der Waals surface area (Å²) in [7, 11) is 2.03. The zero-order valence-corrected chi connectivity index (χ0v) is 7.81. The molecule has 0 unspecified atom stereocenters. The van der Waals surface area contributed by atoms with Gasteiger partial charge >= 0.3 is 15.3 Å². The number of hydrogen-bond acceptors (Lipinski definition) is 5. The largest absolute Gasteiger partial charge is 0.446 e. The molecule has 0 rings (SSSR count). The lowest BCUT2D eigenvalue weighted by Crippen LogP contribution is -2.28. The molecule has 0 aromatic rings. The third kappa shape index (κ3) is 7.58. The van der Waals surface area contributed by atoms with Crippen LogP contribution in [-0.4, -0.2) is 34.8 Å². The Morgan fingerprint density at radius 2 is 2.08 bits per heavy atom. The molecule has 0 bridgehead atoms. The number of ether oxygens (including phenoxy) is 2. The maximum absolute atomic E-state index is 10.5. The number of rotatable bonds is 4. The van der Waals surface area contributed by atoms with Crippen molar-refractivity contribution in [2.45, 2.75) is 0 Å². The summed E-state index contributed by atoms with van der Waals surface area (Å²) >= 11 is 0. The Morgan fingerprint density at radius 3 is 2.50 bits per heavy atom. The van der Waals surface area contributed by atoms with Crippen molar-refractivity contribution >= 4 is 26.0 Å². The minimum Gasteiger partial charge on any atom is -0.446 e. The third-order valence-corrected chi connectivity index (χ3v) is 1.37. The predicted octanol–water partition coefficient (Wildman–Crippen LogP) is -0.157. The van der Waals surface area contributed by atoms with Crippen molar-refractivity contribution in [3.05, 3.63) is 0 Å². The first-order valence-corrected chi connectivity index (χ1v) is 5.14. The number of carbonyl (C=O) groups excluding carboxylic acids is 1. The van der Waals surface area contributed by atoms with Gasteiger partial charge in [0.25, 0.3) is 0 Å². The van der Waals surface area contributed by atoms with Crippen molar-refractivity contribution in [1.29, 1.82) is 0 Å². The van der Waals surface area contributed by atoms with Gasteiger partial charge in [-0.3, -0.25) is 0 Å². The SMILES string of the molecule is COCCOC(=O)NS(=O)(=O)Cl. The van der Waals surface area contributed by atoms with Gasteiger partial charge in [0, 0.05) is 17.8 Å². The molecule has 0 saturated carbocycles. The van der Waals surface area contributed by atoms with Gasteiger partial charge < -0.3 is 9.47 Å². The highest BCUT2D eigenvalue weighted by atomic mass is 35.7. The Bertz CT molecular complexity index is 238. The first-order chi connectivity index (χ1) is 5.45. The summed E-state index contributed by atoms with van der Waals surface area (Å²) in [6.45, 7) is 0.157. The summed E-state index contributed by atoms with van der Waals surface area (Å²) < 4.78 is 30.6. The zero-order chi connectivity index (χ0) is 9.61. The van der Waals surface area contributed by atoms with E-state index in [9.17, 15) is 13.2 Å². The third-order valence-electron chi connectivity index (χ3n) is 0.726. The van der Waals surface area contributed by atoms with Gasteiger partial charge in [0.2, 0.25) is 0 Å². The number of amides is 1. The van der Waals surface area contributed by atoms with Crippen LogP contribution in [0.5, 0.6) is 0 Å². The molecule has 0 heterocycles. The summed E-state index contributed by atoms with van der Waals surface area (Å²) in [5.41, 5.74) is 0. The van der Waals surface area contributed by atoms with Gasteiger partial charge in [-0.25, -0.2) is 9.52 Å². The van der Waals surface area contributed by atoms with Crippen LogP contribution in [0.2, 0.25) is 0 Å². The van der Waals surface area contributed by atoms with Crippen molar-refractivity contribution in [3.63, 3.8) is 0 Å². The molecule has 0 aliphatic carbocycles. The second-order valence-corrected chi connectivity index (χ2v) is 3.97. The first-order valence-electron chi connectivity index (χ1n) is 2.84. The fourth-order valence-corrected chi connectivity index (χ4v) is 0.794. The smallest absolute Gasteiger partial charge is 0.421 e. The standard InChI is InChI=1S/C4H8ClNO5S/c1-10-2-3-11-4(7)6-12(5,8)9/h2-3H2,1H3,(H,6,7). The predicted molar refractivity (Wildman–Crippen MR) is 41.1 cm³/mol. The van der Waals surface area contributed by atoms with Crippen LogP contribution in [0, 0.1) is 0 Å². The molecule has 0 atom stereocenters. The van der Waals surface area contributed by atoms with Crippen LogP contribution in [0.1, 0.15) is 0 Å². The van der Waals surface area contributed by atoms with Crippen molar-refractivity contribution in [1.82, 2.24) is 4.72 Å². The Balaban J connectivity index is 3.62. The van der Waals surface area contributed by atoms with E-state index in [0.29, 0.717) is 0 Å². The van der Waals surface area contributed by atoms with Crippen LogP contribution >= 0.6 is 10.7 Å². The van der Waals surface area contributed by atoms with Crippen molar-refractivity contribution < 1.29 is 22.7 Å². The lowest BCUT2D eigenvalue weighted by atomic mass is 10.8. The Labute approximate surface area is 74.3 Å². The highest BCUT2D eigenvalue weighted by Crippen LogP contribution is 1.90. The van der Waals surface area contributed by atoms with E-state index in [1.54, 1.807) is 0 Å². The topological polar surface area (TPSA) is 81.7 Å². The molecule has 0 aromatic heterocycles. The molecular formula is C4H8ClNO5S. The first kappa shape index (κ1) is 11.5. The molecule has 0 radical (unpaired) electrons. The summed E-state index contributed by atoms with van der Waals surface area (Å²) in [6.07, 6.45) is -1.12. The van der Waals surface area contributed by atoms with Crippen LogP contribution < -0.4 is 4.72 Å². The summed E-state index contributed by atoms with van der Waals surface area (Å²) in [5, 5.41) is 0. The second-order valence-electron chi connectivity index (χ2n) is 1.67. The van der Waals surface area contributed by atoms with E-state index in [0.717, 1.165) is 0 Å². The molecule has 1 N–H and O–H groups in total. The molecule has 72 valence electrons. The average Bonchev–Trinajstić information content (AvgIpc) is 1.84.